The van der Waals surface area contributed by atoms with Gasteiger partial charge in [-0.15, -0.1) is 0 Å². The molecule has 8 nitrogen and oxygen atoms in total. The molecule has 4 N–H and O–H groups in total. The molecule has 2 aromatic heterocycles. The zero-order valence-electron chi connectivity index (χ0n) is 16.9. The van der Waals surface area contributed by atoms with Crippen molar-refractivity contribution >= 4 is 16.9 Å². The van der Waals surface area contributed by atoms with Crippen LogP contribution in [-0.2, 0) is 0 Å². The Morgan fingerprint density at radius 1 is 1.38 bits per heavy atom. The number of anilines is 1. The quantitative estimate of drug-likeness (QED) is 0.524. The summed E-state index contributed by atoms with van der Waals surface area (Å²) in [7, 11) is 1.67. The molecule has 0 aliphatic carbocycles. The van der Waals surface area contributed by atoms with Gasteiger partial charge in [0.15, 0.2) is 0 Å². The zero-order chi connectivity index (χ0) is 20.4. The van der Waals surface area contributed by atoms with Crippen molar-refractivity contribution in [3.63, 3.8) is 0 Å². The Morgan fingerprint density at radius 3 is 3.03 bits per heavy atom. The molecule has 0 spiro atoms. The average Bonchev–Trinajstić information content (AvgIpc) is 3.33. The smallest absolute Gasteiger partial charge is 0.146 e. The molecular formula is C21H28N6O2. The fourth-order valence-electron chi connectivity index (χ4n) is 4.07. The summed E-state index contributed by atoms with van der Waals surface area (Å²) in [6.45, 7) is 5.36. The highest BCUT2D eigenvalue weighted by Gasteiger charge is 2.27. The molecule has 4 rings (SSSR count). The van der Waals surface area contributed by atoms with E-state index in [1.165, 1.54) is 6.33 Å². The molecule has 0 radical (unpaired) electrons. The minimum atomic E-state index is -0.480. The second kappa shape index (κ2) is 8.36. The standard InChI is InChI=1S/C21H28N6O2/c1-14(28)23-7-9-26-8-6-16(11-26)27-12-18(15-4-3-5-17(10-15)29-2)19-20(22)24-13-25-21(19)27/h3-5,10,12-14,16,23,28H,6-9,11H2,1-2H3,(H2,22,24,25). The molecular weight excluding hydrogens is 368 g/mol. The topological polar surface area (TPSA) is 101 Å². The van der Waals surface area contributed by atoms with Gasteiger partial charge in [0, 0.05) is 44.0 Å². The largest absolute Gasteiger partial charge is 0.497 e. The summed E-state index contributed by atoms with van der Waals surface area (Å²) in [6, 6.07) is 8.28. The molecule has 1 fully saturated rings. The summed E-state index contributed by atoms with van der Waals surface area (Å²) in [6.07, 6.45) is 4.24. The third kappa shape index (κ3) is 4.05. The molecule has 0 bridgehead atoms. The number of ether oxygens (including phenoxy) is 1. The summed E-state index contributed by atoms with van der Waals surface area (Å²) < 4.78 is 7.63. The molecule has 154 valence electrons. The molecule has 1 saturated heterocycles. The highest BCUT2D eigenvalue weighted by atomic mass is 16.5. The van der Waals surface area contributed by atoms with E-state index in [0.29, 0.717) is 11.9 Å². The monoisotopic (exact) mass is 396 g/mol. The van der Waals surface area contributed by atoms with Crippen molar-refractivity contribution < 1.29 is 9.84 Å². The van der Waals surface area contributed by atoms with Crippen LogP contribution in [0, 0.1) is 0 Å². The number of nitrogens with zero attached hydrogens (tertiary/aromatic N) is 4. The van der Waals surface area contributed by atoms with E-state index >= 15 is 0 Å². The first-order valence-electron chi connectivity index (χ1n) is 9.96. The van der Waals surface area contributed by atoms with Gasteiger partial charge in [-0.05, 0) is 31.0 Å². The Balaban J connectivity index is 1.65. The molecule has 1 aliphatic rings. The molecule has 0 saturated carbocycles. The minimum absolute atomic E-state index is 0.317. The van der Waals surface area contributed by atoms with Crippen molar-refractivity contribution in [2.75, 3.05) is 39.0 Å². The van der Waals surface area contributed by atoms with E-state index in [-0.39, 0.29) is 0 Å². The van der Waals surface area contributed by atoms with Crippen LogP contribution in [0.1, 0.15) is 19.4 Å². The van der Waals surface area contributed by atoms with Crippen LogP contribution in [0.25, 0.3) is 22.2 Å². The lowest BCUT2D eigenvalue weighted by atomic mass is 10.1. The Labute approximate surface area is 170 Å². The van der Waals surface area contributed by atoms with Gasteiger partial charge in [0.1, 0.15) is 29.8 Å². The number of nitrogens with one attached hydrogen (secondary N) is 1. The number of aromatic nitrogens is 3. The van der Waals surface area contributed by atoms with Crippen LogP contribution in [0.5, 0.6) is 5.75 Å². The average molecular weight is 396 g/mol. The van der Waals surface area contributed by atoms with Gasteiger partial charge in [0.05, 0.1) is 12.5 Å². The van der Waals surface area contributed by atoms with Crippen LogP contribution in [0.15, 0.2) is 36.8 Å². The molecule has 1 aromatic carbocycles. The Kier molecular flexibility index (Phi) is 5.66. The Morgan fingerprint density at radius 2 is 2.24 bits per heavy atom. The predicted molar refractivity (Wildman–Crippen MR) is 114 cm³/mol. The third-order valence-corrected chi connectivity index (χ3v) is 5.53. The van der Waals surface area contributed by atoms with Crippen molar-refractivity contribution in [2.24, 2.45) is 0 Å². The maximum absolute atomic E-state index is 9.38. The third-order valence-electron chi connectivity index (χ3n) is 5.53. The lowest BCUT2D eigenvalue weighted by Crippen LogP contribution is -2.35. The zero-order valence-corrected chi connectivity index (χ0v) is 16.9. The number of hydrogen-bond acceptors (Lipinski definition) is 7. The molecule has 3 aromatic rings. The second-order valence-corrected chi connectivity index (χ2v) is 7.51. The van der Waals surface area contributed by atoms with Crippen molar-refractivity contribution in [1.29, 1.82) is 0 Å². The van der Waals surface area contributed by atoms with E-state index in [2.05, 4.69) is 37.0 Å². The number of benzene rings is 1. The van der Waals surface area contributed by atoms with Crippen molar-refractivity contribution in [3.05, 3.63) is 36.8 Å². The lowest BCUT2D eigenvalue weighted by Gasteiger charge is -2.18. The number of methoxy groups -OCH3 is 1. The van der Waals surface area contributed by atoms with E-state index < -0.39 is 6.23 Å². The maximum atomic E-state index is 9.38. The van der Waals surface area contributed by atoms with Gasteiger partial charge in [-0.3, -0.25) is 10.2 Å². The van der Waals surface area contributed by atoms with Crippen LogP contribution < -0.4 is 15.8 Å². The van der Waals surface area contributed by atoms with E-state index in [0.717, 1.165) is 60.5 Å². The number of aliphatic hydroxyl groups is 1. The molecule has 2 unspecified atom stereocenters. The molecule has 3 heterocycles. The number of rotatable bonds is 7. The Hall–Kier alpha value is -2.68. The summed E-state index contributed by atoms with van der Waals surface area (Å²) in [5.74, 6) is 1.29. The van der Waals surface area contributed by atoms with Crippen molar-refractivity contribution in [3.8, 4) is 16.9 Å². The first-order chi connectivity index (χ1) is 14.1. The van der Waals surface area contributed by atoms with Gasteiger partial charge in [0.25, 0.3) is 0 Å². The van der Waals surface area contributed by atoms with Crippen LogP contribution >= 0.6 is 0 Å². The number of likely N-dealkylation sites (tertiary alicyclic amines) is 1. The van der Waals surface area contributed by atoms with Gasteiger partial charge in [-0.25, -0.2) is 9.97 Å². The first kappa shape index (κ1) is 19.6. The van der Waals surface area contributed by atoms with E-state index in [1.54, 1.807) is 14.0 Å². The number of fused-ring (bicyclic) bond motifs is 1. The Bertz CT molecular complexity index is 986. The van der Waals surface area contributed by atoms with E-state index in [9.17, 15) is 5.11 Å². The lowest BCUT2D eigenvalue weighted by molar-refractivity contribution is 0.151. The highest BCUT2D eigenvalue weighted by molar-refractivity contribution is 6.00. The maximum Gasteiger partial charge on any atom is 0.146 e. The minimum Gasteiger partial charge on any atom is -0.497 e. The highest BCUT2D eigenvalue weighted by Crippen LogP contribution is 2.37. The fraction of sp³-hybridized carbons (Fsp3) is 0.429. The fourth-order valence-corrected chi connectivity index (χ4v) is 4.07. The first-order valence-corrected chi connectivity index (χ1v) is 9.96. The summed E-state index contributed by atoms with van der Waals surface area (Å²) in [5.41, 5.74) is 9.18. The van der Waals surface area contributed by atoms with E-state index in [4.69, 9.17) is 10.5 Å². The number of nitrogen functional groups attached to an aromatic ring is 1. The van der Waals surface area contributed by atoms with Gasteiger partial charge in [-0.1, -0.05) is 12.1 Å². The van der Waals surface area contributed by atoms with E-state index in [1.807, 2.05) is 18.2 Å². The molecule has 29 heavy (non-hydrogen) atoms. The SMILES string of the molecule is COc1cccc(-c2cn(C3CCN(CCNC(C)O)C3)c3ncnc(N)c23)c1. The van der Waals surface area contributed by atoms with Gasteiger partial charge >= 0.3 is 0 Å². The normalized spacial score (nSPS) is 18.4. The summed E-state index contributed by atoms with van der Waals surface area (Å²) in [5, 5.41) is 13.3. The predicted octanol–water partition coefficient (Wildman–Crippen LogP) is 1.86. The molecule has 8 heteroatoms. The van der Waals surface area contributed by atoms with Gasteiger partial charge in [0.2, 0.25) is 0 Å². The van der Waals surface area contributed by atoms with Crippen molar-refractivity contribution in [1.82, 2.24) is 24.8 Å². The second-order valence-electron chi connectivity index (χ2n) is 7.51. The van der Waals surface area contributed by atoms with Gasteiger partial charge in [-0.2, -0.15) is 0 Å². The number of hydrogen-bond donors (Lipinski definition) is 3. The summed E-state index contributed by atoms with van der Waals surface area (Å²) >= 11 is 0. The van der Waals surface area contributed by atoms with Crippen LogP contribution in [0.4, 0.5) is 5.82 Å². The van der Waals surface area contributed by atoms with Crippen LogP contribution in [0.3, 0.4) is 0 Å². The van der Waals surface area contributed by atoms with Crippen LogP contribution in [-0.4, -0.2) is 64.1 Å². The molecule has 2 atom stereocenters. The summed E-state index contributed by atoms with van der Waals surface area (Å²) in [4.78, 5) is 11.2. The van der Waals surface area contributed by atoms with Crippen LogP contribution in [0.2, 0.25) is 0 Å². The number of aliphatic hydroxyl groups excluding tert-OH is 1. The molecule has 0 amide bonds. The van der Waals surface area contributed by atoms with Gasteiger partial charge < -0.3 is 20.1 Å². The molecule has 1 aliphatic heterocycles. The number of nitrogens with two attached hydrogens (primary N) is 1. The van der Waals surface area contributed by atoms with Crippen molar-refractivity contribution in [2.45, 2.75) is 25.6 Å².